The second-order valence-electron chi connectivity index (χ2n) is 6.67. The molecule has 1 aliphatic carbocycles. The van der Waals surface area contributed by atoms with Crippen molar-refractivity contribution in [2.45, 2.75) is 52.9 Å². The number of carbonyl (C=O) groups excluding carboxylic acids is 1. The molecule has 1 aliphatic heterocycles. The fraction of sp³-hybridized carbons (Fsp3) is 0.929. The minimum absolute atomic E-state index is 0.357. The monoisotopic (exact) mass is 223 g/mol. The molecule has 1 saturated heterocycles. The number of rotatable bonds is 2. The van der Waals surface area contributed by atoms with Crippen molar-refractivity contribution in [1.82, 2.24) is 4.90 Å². The number of likely N-dealkylation sites (tertiary alicyclic amines) is 1. The summed E-state index contributed by atoms with van der Waals surface area (Å²) < 4.78 is 0. The van der Waals surface area contributed by atoms with Crippen LogP contribution in [0.1, 0.15) is 52.9 Å². The number of nitrogens with zero attached hydrogens (tertiary/aromatic N) is 1. The molecule has 1 unspecified atom stereocenters. The third kappa shape index (κ3) is 2.99. The molecule has 1 heterocycles. The zero-order valence-electron chi connectivity index (χ0n) is 11.0. The number of carbonyl (C=O) groups is 1. The molecule has 2 aliphatic rings. The molecular weight excluding hydrogens is 198 g/mol. The SMILES string of the molecule is CC(C)(C)C1CCC(=O)N(CC2CC2)CC1. The minimum Gasteiger partial charge on any atom is -0.342 e. The van der Waals surface area contributed by atoms with Gasteiger partial charge in [-0.25, -0.2) is 0 Å². The summed E-state index contributed by atoms with van der Waals surface area (Å²) in [7, 11) is 0. The highest BCUT2D eigenvalue weighted by molar-refractivity contribution is 5.76. The average molecular weight is 223 g/mol. The van der Waals surface area contributed by atoms with Gasteiger partial charge in [0.25, 0.3) is 0 Å². The topological polar surface area (TPSA) is 20.3 Å². The summed E-state index contributed by atoms with van der Waals surface area (Å²) in [6.45, 7) is 8.95. The molecule has 1 amide bonds. The third-order valence-corrected chi connectivity index (χ3v) is 4.21. The maximum absolute atomic E-state index is 12.0. The zero-order valence-corrected chi connectivity index (χ0v) is 11.0. The Bertz CT molecular complexity index is 262. The lowest BCUT2D eigenvalue weighted by Gasteiger charge is -2.29. The Kier molecular flexibility index (Phi) is 3.27. The van der Waals surface area contributed by atoms with Crippen molar-refractivity contribution < 1.29 is 4.79 Å². The van der Waals surface area contributed by atoms with Crippen molar-refractivity contribution in [2.75, 3.05) is 13.1 Å². The predicted octanol–water partition coefficient (Wildman–Crippen LogP) is 3.07. The summed E-state index contributed by atoms with van der Waals surface area (Å²) >= 11 is 0. The van der Waals surface area contributed by atoms with Crippen LogP contribution in [0.5, 0.6) is 0 Å². The lowest BCUT2D eigenvalue weighted by Crippen LogP contribution is -2.32. The smallest absolute Gasteiger partial charge is 0.222 e. The van der Waals surface area contributed by atoms with Gasteiger partial charge in [0.1, 0.15) is 0 Å². The van der Waals surface area contributed by atoms with Crippen LogP contribution >= 0.6 is 0 Å². The highest BCUT2D eigenvalue weighted by atomic mass is 16.2. The van der Waals surface area contributed by atoms with Gasteiger partial charge in [0, 0.05) is 19.5 Å². The van der Waals surface area contributed by atoms with Crippen LogP contribution in [0, 0.1) is 17.3 Å². The van der Waals surface area contributed by atoms with Crippen LogP contribution in [-0.4, -0.2) is 23.9 Å². The van der Waals surface area contributed by atoms with Gasteiger partial charge in [-0.05, 0) is 42.9 Å². The molecule has 0 aromatic carbocycles. The van der Waals surface area contributed by atoms with E-state index in [1.807, 2.05) is 0 Å². The second-order valence-corrected chi connectivity index (χ2v) is 6.67. The number of hydrogen-bond donors (Lipinski definition) is 0. The summed E-state index contributed by atoms with van der Waals surface area (Å²) in [5.41, 5.74) is 0.357. The molecule has 0 N–H and O–H groups in total. The molecule has 2 fully saturated rings. The van der Waals surface area contributed by atoms with Crippen molar-refractivity contribution in [3.63, 3.8) is 0 Å². The quantitative estimate of drug-likeness (QED) is 0.704. The highest BCUT2D eigenvalue weighted by Gasteiger charge is 2.32. The molecule has 0 aromatic rings. The molecule has 0 spiro atoms. The summed E-state index contributed by atoms with van der Waals surface area (Å²) in [6, 6.07) is 0. The van der Waals surface area contributed by atoms with E-state index in [1.165, 1.54) is 19.3 Å². The fourth-order valence-electron chi connectivity index (χ4n) is 2.71. The summed E-state index contributed by atoms with van der Waals surface area (Å²) in [5, 5.41) is 0. The van der Waals surface area contributed by atoms with Crippen LogP contribution in [-0.2, 0) is 4.79 Å². The van der Waals surface area contributed by atoms with E-state index in [0.29, 0.717) is 17.2 Å². The van der Waals surface area contributed by atoms with Crippen LogP contribution < -0.4 is 0 Å². The Labute approximate surface area is 99.4 Å². The van der Waals surface area contributed by atoms with Gasteiger partial charge in [-0.15, -0.1) is 0 Å². The lowest BCUT2D eigenvalue weighted by molar-refractivity contribution is -0.130. The summed E-state index contributed by atoms with van der Waals surface area (Å²) in [4.78, 5) is 14.1. The Morgan fingerprint density at radius 3 is 2.44 bits per heavy atom. The van der Waals surface area contributed by atoms with E-state index in [0.717, 1.165) is 31.8 Å². The molecule has 2 heteroatoms. The third-order valence-electron chi connectivity index (χ3n) is 4.21. The van der Waals surface area contributed by atoms with Gasteiger partial charge in [-0.2, -0.15) is 0 Å². The Morgan fingerprint density at radius 1 is 1.19 bits per heavy atom. The first kappa shape index (κ1) is 11.9. The molecule has 16 heavy (non-hydrogen) atoms. The first-order valence-electron chi connectivity index (χ1n) is 6.74. The first-order valence-corrected chi connectivity index (χ1v) is 6.74. The minimum atomic E-state index is 0.357. The maximum atomic E-state index is 12.0. The van der Waals surface area contributed by atoms with E-state index in [9.17, 15) is 4.79 Å². The summed E-state index contributed by atoms with van der Waals surface area (Å²) in [6.07, 6.45) is 5.74. The number of hydrogen-bond acceptors (Lipinski definition) is 1. The van der Waals surface area contributed by atoms with E-state index in [-0.39, 0.29) is 0 Å². The molecule has 0 aromatic heterocycles. The van der Waals surface area contributed by atoms with E-state index < -0.39 is 0 Å². The largest absolute Gasteiger partial charge is 0.342 e. The van der Waals surface area contributed by atoms with E-state index in [4.69, 9.17) is 0 Å². The summed E-state index contributed by atoms with van der Waals surface area (Å²) in [5.74, 6) is 1.94. The number of amides is 1. The van der Waals surface area contributed by atoms with E-state index in [2.05, 4.69) is 25.7 Å². The maximum Gasteiger partial charge on any atom is 0.222 e. The molecular formula is C14H25NO. The Hall–Kier alpha value is -0.530. The van der Waals surface area contributed by atoms with Crippen LogP contribution in [0.15, 0.2) is 0 Å². The fourth-order valence-corrected chi connectivity index (χ4v) is 2.71. The molecule has 0 radical (unpaired) electrons. The Balaban J connectivity index is 1.91. The highest BCUT2D eigenvalue weighted by Crippen LogP contribution is 2.36. The van der Waals surface area contributed by atoms with Crippen molar-refractivity contribution in [1.29, 1.82) is 0 Å². The van der Waals surface area contributed by atoms with Gasteiger partial charge in [-0.1, -0.05) is 20.8 Å². The van der Waals surface area contributed by atoms with E-state index in [1.54, 1.807) is 0 Å². The first-order chi connectivity index (χ1) is 7.47. The van der Waals surface area contributed by atoms with Crippen molar-refractivity contribution >= 4 is 5.91 Å². The predicted molar refractivity (Wildman–Crippen MR) is 66.1 cm³/mol. The van der Waals surface area contributed by atoms with E-state index >= 15 is 0 Å². The average Bonchev–Trinajstić information content (AvgIpc) is 2.96. The molecule has 92 valence electrons. The molecule has 0 bridgehead atoms. The van der Waals surface area contributed by atoms with Gasteiger partial charge in [-0.3, -0.25) is 4.79 Å². The van der Waals surface area contributed by atoms with Crippen LogP contribution in [0.25, 0.3) is 0 Å². The van der Waals surface area contributed by atoms with Crippen LogP contribution in [0.4, 0.5) is 0 Å². The molecule has 1 atom stereocenters. The van der Waals surface area contributed by atoms with Gasteiger partial charge in [0.2, 0.25) is 5.91 Å². The molecule has 2 rings (SSSR count). The van der Waals surface area contributed by atoms with Gasteiger partial charge in [0.05, 0.1) is 0 Å². The van der Waals surface area contributed by atoms with Gasteiger partial charge in [0.15, 0.2) is 0 Å². The standard InChI is InChI=1S/C14H25NO/c1-14(2,3)12-6-7-13(16)15(9-8-12)10-11-4-5-11/h11-12H,4-10H2,1-3H3. The second kappa shape index (κ2) is 4.38. The molecule has 1 saturated carbocycles. The van der Waals surface area contributed by atoms with Gasteiger partial charge >= 0.3 is 0 Å². The van der Waals surface area contributed by atoms with Gasteiger partial charge < -0.3 is 4.90 Å². The van der Waals surface area contributed by atoms with Crippen molar-refractivity contribution in [3.8, 4) is 0 Å². The Morgan fingerprint density at radius 2 is 1.88 bits per heavy atom. The van der Waals surface area contributed by atoms with Crippen LogP contribution in [0.3, 0.4) is 0 Å². The normalized spacial score (nSPS) is 28.1. The van der Waals surface area contributed by atoms with Crippen molar-refractivity contribution in [2.24, 2.45) is 17.3 Å². The van der Waals surface area contributed by atoms with Crippen molar-refractivity contribution in [3.05, 3.63) is 0 Å². The zero-order chi connectivity index (χ0) is 11.8. The molecule has 2 nitrogen and oxygen atoms in total. The lowest BCUT2D eigenvalue weighted by atomic mass is 9.77. The van der Waals surface area contributed by atoms with Crippen LogP contribution in [0.2, 0.25) is 0 Å².